The van der Waals surface area contributed by atoms with Crippen LogP contribution >= 0.6 is 11.8 Å². The van der Waals surface area contributed by atoms with Crippen molar-refractivity contribution >= 4 is 23.4 Å². The lowest BCUT2D eigenvalue weighted by molar-refractivity contribution is 0.0593. The molecule has 20 heavy (non-hydrogen) atoms. The minimum atomic E-state index is -0.760. The minimum absolute atomic E-state index is 0.00864. The van der Waals surface area contributed by atoms with Crippen molar-refractivity contribution in [2.45, 2.75) is 9.79 Å². The molecule has 0 bridgehead atoms. The number of pyridine rings is 1. The van der Waals surface area contributed by atoms with Crippen molar-refractivity contribution in [2.75, 3.05) is 12.8 Å². The molecule has 0 amide bonds. The highest BCUT2D eigenvalue weighted by atomic mass is 32.2. The van der Waals surface area contributed by atoms with Gasteiger partial charge in [0.2, 0.25) is 0 Å². The predicted molar refractivity (Wildman–Crippen MR) is 70.5 cm³/mol. The highest BCUT2D eigenvalue weighted by molar-refractivity contribution is 7.99. The summed E-state index contributed by atoms with van der Waals surface area (Å²) in [7, 11) is 1.23. The molecule has 0 radical (unpaired) electrons. The monoisotopic (exact) mass is 296 g/mol. The van der Waals surface area contributed by atoms with Crippen LogP contribution in [-0.2, 0) is 4.74 Å². The Morgan fingerprint density at radius 2 is 1.95 bits per heavy atom. The Morgan fingerprint density at radius 1 is 1.30 bits per heavy atom. The molecule has 2 aromatic rings. The van der Waals surface area contributed by atoms with Gasteiger partial charge in [-0.1, -0.05) is 11.8 Å². The van der Waals surface area contributed by atoms with Crippen LogP contribution in [0.4, 0.5) is 14.5 Å². The number of carbonyl (C=O) groups is 1. The zero-order valence-corrected chi connectivity index (χ0v) is 11.2. The molecule has 7 heteroatoms. The lowest BCUT2D eigenvalue weighted by atomic mass is 10.3. The number of rotatable bonds is 3. The highest BCUT2D eigenvalue weighted by Crippen LogP contribution is 2.33. The number of nitrogen functional groups attached to an aromatic ring is 1. The second-order valence-electron chi connectivity index (χ2n) is 3.78. The van der Waals surface area contributed by atoms with Crippen molar-refractivity contribution in [3.63, 3.8) is 0 Å². The van der Waals surface area contributed by atoms with Gasteiger partial charge in [0.15, 0.2) is 0 Å². The van der Waals surface area contributed by atoms with Gasteiger partial charge in [-0.15, -0.1) is 0 Å². The molecule has 0 unspecified atom stereocenters. The van der Waals surface area contributed by atoms with Gasteiger partial charge < -0.3 is 10.5 Å². The molecule has 0 atom stereocenters. The van der Waals surface area contributed by atoms with Crippen LogP contribution in [0.1, 0.15) is 10.5 Å². The Morgan fingerprint density at radius 3 is 2.55 bits per heavy atom. The first-order chi connectivity index (χ1) is 9.51. The number of ether oxygens (including phenoxy) is 1. The second-order valence-corrected chi connectivity index (χ2v) is 4.87. The van der Waals surface area contributed by atoms with Crippen molar-refractivity contribution in [1.82, 2.24) is 4.98 Å². The first-order valence-electron chi connectivity index (χ1n) is 5.48. The predicted octanol–water partition coefficient (Wildman–Crippen LogP) is 2.88. The normalized spacial score (nSPS) is 10.3. The van der Waals surface area contributed by atoms with E-state index in [0.717, 1.165) is 23.9 Å². The smallest absolute Gasteiger partial charge is 0.356 e. The van der Waals surface area contributed by atoms with Gasteiger partial charge in [-0.3, -0.25) is 0 Å². The summed E-state index contributed by atoms with van der Waals surface area (Å²) in [5.41, 5.74) is 5.42. The maximum atomic E-state index is 13.7. The van der Waals surface area contributed by atoms with Crippen molar-refractivity contribution < 1.29 is 18.3 Å². The zero-order valence-electron chi connectivity index (χ0n) is 10.4. The molecule has 0 saturated heterocycles. The quantitative estimate of drug-likeness (QED) is 0.697. The fraction of sp³-hybridized carbons (Fsp3) is 0.0769. The van der Waals surface area contributed by atoms with E-state index in [0.29, 0.717) is 4.90 Å². The van der Waals surface area contributed by atoms with E-state index in [1.807, 2.05) is 0 Å². The highest BCUT2D eigenvalue weighted by Gasteiger charge is 2.14. The number of hydrogen-bond acceptors (Lipinski definition) is 5. The molecule has 1 heterocycles. The van der Waals surface area contributed by atoms with Crippen LogP contribution in [0.2, 0.25) is 0 Å². The van der Waals surface area contributed by atoms with E-state index in [1.165, 1.54) is 25.4 Å². The van der Waals surface area contributed by atoms with Crippen molar-refractivity contribution in [1.29, 1.82) is 0 Å². The van der Waals surface area contributed by atoms with Gasteiger partial charge in [-0.2, -0.15) is 0 Å². The fourth-order valence-corrected chi connectivity index (χ4v) is 2.33. The SMILES string of the molecule is COC(=O)c1cc(Sc2c(F)cc(N)cc2F)ccn1. The van der Waals surface area contributed by atoms with E-state index in [-0.39, 0.29) is 16.3 Å². The number of halogens is 2. The molecule has 2 N–H and O–H groups in total. The number of anilines is 1. The minimum Gasteiger partial charge on any atom is -0.464 e. The summed E-state index contributed by atoms with van der Waals surface area (Å²) in [5, 5.41) is 0. The Balaban J connectivity index is 2.33. The van der Waals surface area contributed by atoms with E-state index in [2.05, 4.69) is 9.72 Å². The third-order valence-electron chi connectivity index (χ3n) is 2.37. The maximum Gasteiger partial charge on any atom is 0.356 e. The van der Waals surface area contributed by atoms with Crippen LogP contribution in [0.5, 0.6) is 0 Å². The molecule has 0 fully saturated rings. The summed E-state index contributed by atoms with van der Waals surface area (Å²) >= 11 is 0.838. The van der Waals surface area contributed by atoms with Gasteiger partial charge in [0.25, 0.3) is 0 Å². The number of nitrogens with two attached hydrogens (primary N) is 1. The Bertz CT molecular complexity index is 642. The molecular formula is C13H10F2N2O2S. The van der Waals surface area contributed by atoms with Gasteiger partial charge in [-0.25, -0.2) is 18.6 Å². The summed E-state index contributed by atoms with van der Waals surface area (Å²) in [4.78, 5) is 15.4. The van der Waals surface area contributed by atoms with Crippen LogP contribution in [0.3, 0.4) is 0 Å². The zero-order chi connectivity index (χ0) is 14.7. The maximum absolute atomic E-state index is 13.7. The molecule has 0 saturated carbocycles. The number of nitrogens with zero attached hydrogens (tertiary/aromatic N) is 1. The van der Waals surface area contributed by atoms with Crippen LogP contribution in [0, 0.1) is 11.6 Å². The summed E-state index contributed by atoms with van der Waals surface area (Å²) < 4.78 is 31.9. The Hall–Kier alpha value is -2.15. The number of carbonyl (C=O) groups excluding carboxylic acids is 1. The molecule has 0 spiro atoms. The molecule has 0 aliphatic heterocycles. The van der Waals surface area contributed by atoms with E-state index < -0.39 is 17.6 Å². The van der Waals surface area contributed by atoms with Crippen LogP contribution < -0.4 is 5.73 Å². The molecule has 0 aliphatic carbocycles. The van der Waals surface area contributed by atoms with E-state index in [4.69, 9.17) is 5.73 Å². The van der Waals surface area contributed by atoms with E-state index >= 15 is 0 Å². The number of esters is 1. The lowest BCUT2D eigenvalue weighted by Crippen LogP contribution is -2.03. The summed E-state index contributed by atoms with van der Waals surface area (Å²) in [5.74, 6) is -2.14. The van der Waals surface area contributed by atoms with Gasteiger partial charge >= 0.3 is 5.97 Å². The lowest BCUT2D eigenvalue weighted by Gasteiger charge is -2.06. The average Bonchev–Trinajstić information content (AvgIpc) is 2.42. The van der Waals surface area contributed by atoms with Crippen molar-refractivity contribution in [2.24, 2.45) is 0 Å². The van der Waals surface area contributed by atoms with E-state index in [9.17, 15) is 13.6 Å². The van der Waals surface area contributed by atoms with Gasteiger partial charge in [-0.05, 0) is 24.3 Å². The third kappa shape index (κ3) is 3.05. The van der Waals surface area contributed by atoms with Gasteiger partial charge in [0, 0.05) is 16.8 Å². The molecule has 1 aromatic carbocycles. The molecule has 1 aromatic heterocycles. The first-order valence-corrected chi connectivity index (χ1v) is 6.29. The molecule has 2 rings (SSSR count). The van der Waals surface area contributed by atoms with Crippen LogP contribution in [0.15, 0.2) is 40.3 Å². The molecular weight excluding hydrogens is 286 g/mol. The summed E-state index contributed by atoms with van der Waals surface area (Å²) in [6.45, 7) is 0. The van der Waals surface area contributed by atoms with Crippen LogP contribution in [0.25, 0.3) is 0 Å². The number of aromatic nitrogens is 1. The second kappa shape index (κ2) is 5.87. The topological polar surface area (TPSA) is 65.2 Å². The number of hydrogen-bond donors (Lipinski definition) is 1. The Labute approximate surface area is 118 Å². The third-order valence-corrected chi connectivity index (χ3v) is 3.45. The fourth-order valence-electron chi connectivity index (χ4n) is 1.49. The molecule has 104 valence electrons. The largest absolute Gasteiger partial charge is 0.464 e. The van der Waals surface area contributed by atoms with Crippen LogP contribution in [-0.4, -0.2) is 18.1 Å². The number of benzene rings is 1. The summed E-state index contributed by atoms with van der Waals surface area (Å²) in [6, 6.07) is 5.00. The van der Waals surface area contributed by atoms with Gasteiger partial charge in [0.1, 0.15) is 17.3 Å². The summed E-state index contributed by atoms with van der Waals surface area (Å²) in [6.07, 6.45) is 1.36. The molecule has 0 aliphatic rings. The molecule has 4 nitrogen and oxygen atoms in total. The number of methoxy groups -OCH3 is 1. The first kappa shape index (κ1) is 14.3. The Kier molecular flexibility index (Phi) is 4.19. The van der Waals surface area contributed by atoms with Crippen molar-refractivity contribution in [3.05, 3.63) is 47.8 Å². The standard InChI is InChI=1S/C13H10F2N2O2S/c1-19-13(18)11-6-8(2-3-17-11)20-12-9(14)4-7(16)5-10(12)15/h2-6H,16H2,1H3. The van der Waals surface area contributed by atoms with E-state index in [1.54, 1.807) is 0 Å². The van der Waals surface area contributed by atoms with Crippen molar-refractivity contribution in [3.8, 4) is 0 Å². The van der Waals surface area contributed by atoms with Gasteiger partial charge in [0.05, 0.1) is 12.0 Å². The average molecular weight is 296 g/mol.